The third kappa shape index (κ3) is 5.57. The lowest BCUT2D eigenvalue weighted by atomic mass is 9.75. The van der Waals surface area contributed by atoms with Gasteiger partial charge in [-0.2, -0.15) is 13.2 Å². The van der Waals surface area contributed by atoms with Gasteiger partial charge in [0.15, 0.2) is 4.34 Å². The fourth-order valence-corrected chi connectivity index (χ4v) is 5.70. The summed E-state index contributed by atoms with van der Waals surface area (Å²) < 4.78 is 33.0. The lowest BCUT2D eigenvalue weighted by molar-refractivity contribution is -0.118. The molecule has 9 heteroatoms. The van der Waals surface area contributed by atoms with Gasteiger partial charge in [-0.3, -0.25) is 0 Å². The summed E-state index contributed by atoms with van der Waals surface area (Å²) in [5.41, 5.74) is 8.40. The normalized spacial score (nSPS) is 13.7. The van der Waals surface area contributed by atoms with Crippen molar-refractivity contribution in [3.8, 4) is 11.1 Å². The maximum absolute atomic E-state index is 12.3. The molecular formula is C23H24F3N3OS2. The van der Waals surface area contributed by atoms with Crippen molar-refractivity contribution in [1.29, 1.82) is 0 Å². The van der Waals surface area contributed by atoms with Crippen LogP contribution in [-0.4, -0.2) is 35.0 Å². The van der Waals surface area contributed by atoms with E-state index in [0.717, 1.165) is 45.5 Å². The first kappa shape index (κ1) is 24.4. The summed E-state index contributed by atoms with van der Waals surface area (Å²) in [4.78, 5) is 12.3. The van der Waals surface area contributed by atoms with Crippen LogP contribution in [0.3, 0.4) is 0 Å². The Hall–Kier alpha value is -2.23. The highest BCUT2D eigenvalue weighted by Crippen LogP contribution is 2.50. The maximum atomic E-state index is 12.3. The Morgan fingerprint density at radius 3 is 2.06 bits per heavy atom. The number of thioether (sulfide) groups is 1. The van der Waals surface area contributed by atoms with Crippen LogP contribution in [0.2, 0.25) is 0 Å². The predicted octanol–water partition coefficient (Wildman–Crippen LogP) is 5.78. The number of aryl methyl sites for hydroxylation is 1. The van der Waals surface area contributed by atoms with Gasteiger partial charge < -0.3 is 10.5 Å². The molecule has 0 aliphatic heterocycles. The number of unbranched alkanes of at least 4 members (excludes halogenated alkanes) is 1. The summed E-state index contributed by atoms with van der Waals surface area (Å²) in [6.45, 7) is 0.748. The molecule has 0 spiro atoms. The van der Waals surface area contributed by atoms with Crippen LogP contribution >= 0.6 is 23.1 Å². The number of carbonyl (C=O) groups is 1. The van der Waals surface area contributed by atoms with E-state index in [-0.39, 0.29) is 0 Å². The molecule has 1 aromatic heterocycles. The predicted molar refractivity (Wildman–Crippen MR) is 123 cm³/mol. The van der Waals surface area contributed by atoms with E-state index in [1.807, 2.05) is 19.1 Å². The molecule has 0 atom stereocenters. The smallest absolute Gasteiger partial charge is 0.323 e. The number of alkyl halides is 3. The standard InChI is InChI=1S/C21H20N2OS2.C2H4F3N/c1-15-22-23-20(26-15)25-13-7-6-12-21(14-24)18-10-4-2-8-16(18)17-9-3-5-11-19(17)21;3-2(4,5)1-6/h2-5,8-11,14H,6-7,12-13H2,1H3;1,6H2. The van der Waals surface area contributed by atoms with Crippen molar-refractivity contribution in [2.45, 2.75) is 42.1 Å². The molecule has 1 heterocycles. The van der Waals surface area contributed by atoms with Gasteiger partial charge in [0.2, 0.25) is 0 Å². The van der Waals surface area contributed by atoms with Gasteiger partial charge >= 0.3 is 6.18 Å². The second-order valence-electron chi connectivity index (χ2n) is 7.39. The highest BCUT2D eigenvalue weighted by Gasteiger charge is 2.42. The molecule has 170 valence electrons. The SMILES string of the molecule is Cc1nnc(SCCCCC2(C=O)c3ccccc3-c3ccccc32)s1.NCC(F)(F)F. The van der Waals surface area contributed by atoms with Crippen molar-refractivity contribution >= 4 is 29.4 Å². The molecule has 0 fully saturated rings. The summed E-state index contributed by atoms with van der Waals surface area (Å²) in [6, 6.07) is 16.7. The molecule has 0 saturated carbocycles. The van der Waals surface area contributed by atoms with E-state index in [0.29, 0.717) is 0 Å². The number of halogens is 3. The Balaban J connectivity index is 0.000000427. The van der Waals surface area contributed by atoms with Crippen LogP contribution in [0.1, 0.15) is 35.4 Å². The number of nitrogens with zero attached hydrogens (tertiary/aromatic N) is 2. The molecule has 3 aromatic rings. The van der Waals surface area contributed by atoms with Gasteiger partial charge in [0.25, 0.3) is 0 Å². The van der Waals surface area contributed by atoms with Crippen molar-refractivity contribution in [1.82, 2.24) is 10.2 Å². The summed E-state index contributed by atoms with van der Waals surface area (Å²) in [7, 11) is 0. The number of carbonyl (C=O) groups excluding carboxylic acids is 1. The average molecular weight is 480 g/mol. The van der Waals surface area contributed by atoms with Crippen LogP contribution in [-0.2, 0) is 10.2 Å². The third-order valence-corrected chi connectivity index (χ3v) is 7.29. The Bertz CT molecular complexity index is 1010. The van der Waals surface area contributed by atoms with Crippen LogP contribution in [0.4, 0.5) is 13.2 Å². The second kappa shape index (κ2) is 10.6. The number of benzene rings is 2. The quantitative estimate of drug-likeness (QED) is 0.264. The van der Waals surface area contributed by atoms with Gasteiger partial charge in [0.05, 0.1) is 12.0 Å². The van der Waals surface area contributed by atoms with Gasteiger partial charge in [-0.1, -0.05) is 78.1 Å². The molecule has 0 saturated heterocycles. The average Bonchev–Trinajstić information content (AvgIpc) is 3.33. The van der Waals surface area contributed by atoms with E-state index in [1.54, 1.807) is 23.1 Å². The van der Waals surface area contributed by atoms with Gasteiger partial charge in [-0.15, -0.1) is 10.2 Å². The Morgan fingerprint density at radius 1 is 1.03 bits per heavy atom. The van der Waals surface area contributed by atoms with Crippen LogP contribution in [0, 0.1) is 6.92 Å². The molecular weight excluding hydrogens is 455 g/mol. The monoisotopic (exact) mass is 479 g/mol. The summed E-state index contributed by atoms with van der Waals surface area (Å²) in [5.74, 6) is 1.01. The summed E-state index contributed by atoms with van der Waals surface area (Å²) >= 11 is 3.40. The van der Waals surface area contributed by atoms with Gasteiger partial charge in [-0.05, 0) is 42.0 Å². The minimum absolute atomic E-state index is 0.503. The number of aldehydes is 1. The molecule has 4 nitrogen and oxygen atoms in total. The summed E-state index contributed by atoms with van der Waals surface area (Å²) in [6.07, 6.45) is -0.103. The fraction of sp³-hybridized carbons (Fsp3) is 0.348. The van der Waals surface area contributed by atoms with E-state index in [9.17, 15) is 18.0 Å². The zero-order valence-corrected chi connectivity index (χ0v) is 19.2. The molecule has 32 heavy (non-hydrogen) atoms. The first-order chi connectivity index (χ1) is 15.3. The molecule has 4 rings (SSSR count). The van der Waals surface area contributed by atoms with Crippen LogP contribution in [0.5, 0.6) is 0 Å². The van der Waals surface area contributed by atoms with Crippen LogP contribution in [0.25, 0.3) is 11.1 Å². The van der Waals surface area contributed by atoms with Crippen molar-refractivity contribution in [2.75, 3.05) is 12.3 Å². The number of hydrogen-bond donors (Lipinski definition) is 1. The number of fused-ring (bicyclic) bond motifs is 3. The lowest BCUT2D eigenvalue weighted by Crippen LogP contribution is -2.27. The maximum Gasteiger partial charge on any atom is 0.400 e. The minimum Gasteiger partial charge on any atom is -0.323 e. The molecule has 2 aromatic carbocycles. The van der Waals surface area contributed by atoms with Crippen molar-refractivity contribution in [3.05, 3.63) is 64.7 Å². The molecule has 1 aliphatic rings. The van der Waals surface area contributed by atoms with E-state index in [1.165, 1.54) is 17.4 Å². The summed E-state index contributed by atoms with van der Waals surface area (Å²) in [5, 5.41) is 9.22. The first-order valence-corrected chi connectivity index (χ1v) is 12.0. The fourth-order valence-electron chi connectivity index (χ4n) is 3.82. The minimum atomic E-state index is -4.18. The van der Waals surface area contributed by atoms with Crippen molar-refractivity contribution in [3.63, 3.8) is 0 Å². The van der Waals surface area contributed by atoms with Gasteiger partial charge in [-0.25, -0.2) is 0 Å². The van der Waals surface area contributed by atoms with E-state index >= 15 is 0 Å². The van der Waals surface area contributed by atoms with Crippen molar-refractivity contribution < 1.29 is 18.0 Å². The molecule has 0 bridgehead atoms. The van der Waals surface area contributed by atoms with E-state index in [2.05, 4.69) is 52.3 Å². The third-order valence-electron chi connectivity index (χ3n) is 5.24. The number of nitrogens with two attached hydrogens (primary N) is 1. The molecule has 0 unspecified atom stereocenters. The van der Waals surface area contributed by atoms with E-state index in [4.69, 9.17) is 0 Å². The molecule has 0 radical (unpaired) electrons. The van der Waals surface area contributed by atoms with Gasteiger partial charge in [0.1, 0.15) is 11.3 Å². The van der Waals surface area contributed by atoms with Gasteiger partial charge in [0, 0.05) is 5.75 Å². The number of hydrogen-bond acceptors (Lipinski definition) is 6. The largest absolute Gasteiger partial charge is 0.400 e. The number of rotatable bonds is 7. The zero-order chi connectivity index (χ0) is 23.2. The van der Waals surface area contributed by atoms with Crippen LogP contribution < -0.4 is 5.73 Å². The first-order valence-electron chi connectivity index (χ1n) is 10.2. The molecule has 0 amide bonds. The Morgan fingerprint density at radius 2 is 1.59 bits per heavy atom. The highest BCUT2D eigenvalue weighted by atomic mass is 32.2. The molecule has 1 aliphatic carbocycles. The molecule has 2 N–H and O–H groups in total. The Kier molecular flexibility index (Phi) is 8.08. The Labute approximate surface area is 193 Å². The van der Waals surface area contributed by atoms with Crippen LogP contribution in [0.15, 0.2) is 52.9 Å². The topological polar surface area (TPSA) is 68.9 Å². The van der Waals surface area contributed by atoms with Crippen molar-refractivity contribution in [2.24, 2.45) is 5.73 Å². The second-order valence-corrected chi connectivity index (χ2v) is 9.92. The number of aromatic nitrogens is 2. The highest BCUT2D eigenvalue weighted by molar-refractivity contribution is 8.01. The van der Waals surface area contributed by atoms with E-state index < -0.39 is 18.1 Å². The zero-order valence-electron chi connectivity index (χ0n) is 17.6. The lowest BCUT2D eigenvalue weighted by Gasteiger charge is -2.25.